The second kappa shape index (κ2) is 8.02. The van der Waals surface area contributed by atoms with Gasteiger partial charge in [-0.3, -0.25) is 9.59 Å². The average molecular weight is 297 g/mol. The molecule has 1 aromatic rings. The lowest BCUT2D eigenvalue weighted by Crippen LogP contribution is -2.36. The van der Waals surface area contributed by atoms with Gasteiger partial charge in [0.2, 0.25) is 5.91 Å². The third kappa shape index (κ3) is 5.31. The van der Waals surface area contributed by atoms with Gasteiger partial charge in [0, 0.05) is 24.1 Å². The summed E-state index contributed by atoms with van der Waals surface area (Å²) in [5, 5.41) is 6.53. The number of hydrogen-bond donors (Lipinski definition) is 2. The number of amides is 1. The highest BCUT2D eigenvalue weighted by Gasteiger charge is 2.14. The maximum Gasteiger partial charge on any atom is 0.216 e. The molecule has 110 valence electrons. The Morgan fingerprint density at radius 3 is 2.60 bits per heavy atom. The van der Waals surface area contributed by atoms with Gasteiger partial charge in [0.1, 0.15) is 0 Å². The van der Waals surface area contributed by atoms with Crippen molar-refractivity contribution < 1.29 is 9.59 Å². The van der Waals surface area contributed by atoms with Gasteiger partial charge in [0.05, 0.1) is 6.04 Å². The Kier molecular flexibility index (Phi) is 6.68. The van der Waals surface area contributed by atoms with Crippen LogP contribution in [0.5, 0.6) is 0 Å². The number of nitrogens with one attached hydrogen (secondary N) is 2. The molecule has 0 saturated heterocycles. The lowest BCUT2D eigenvalue weighted by atomic mass is 10.0. The molecule has 1 unspecified atom stereocenters. The van der Waals surface area contributed by atoms with Crippen molar-refractivity contribution >= 4 is 23.3 Å². The van der Waals surface area contributed by atoms with Gasteiger partial charge in [-0.2, -0.15) is 0 Å². The summed E-state index contributed by atoms with van der Waals surface area (Å²) in [6.07, 6.45) is 0.789. The first kappa shape index (κ1) is 16.7. The number of hydrogen-bond acceptors (Lipinski definition) is 3. The van der Waals surface area contributed by atoms with Crippen LogP contribution in [0.3, 0.4) is 0 Å². The normalized spacial score (nSPS) is 12.0. The number of carbonyl (C=O) groups excluding carboxylic acids is 2. The number of carbonyl (C=O) groups is 2. The zero-order valence-corrected chi connectivity index (χ0v) is 12.9. The third-order valence-electron chi connectivity index (χ3n) is 3.01. The van der Waals surface area contributed by atoms with Crippen LogP contribution in [0.2, 0.25) is 5.02 Å². The van der Waals surface area contributed by atoms with Gasteiger partial charge in [-0.1, -0.05) is 11.6 Å². The molecule has 20 heavy (non-hydrogen) atoms. The van der Waals surface area contributed by atoms with Crippen LogP contribution in [0.15, 0.2) is 18.2 Å². The summed E-state index contributed by atoms with van der Waals surface area (Å²) < 4.78 is 0. The Morgan fingerprint density at radius 1 is 1.30 bits per heavy atom. The van der Waals surface area contributed by atoms with E-state index < -0.39 is 0 Å². The summed E-state index contributed by atoms with van der Waals surface area (Å²) in [4.78, 5) is 22.9. The Hall–Kier alpha value is -1.39. The van der Waals surface area contributed by atoms with Crippen LogP contribution >= 0.6 is 11.6 Å². The summed E-state index contributed by atoms with van der Waals surface area (Å²) in [7, 11) is 0. The summed E-state index contributed by atoms with van der Waals surface area (Å²) in [5.41, 5.74) is 1.56. The van der Waals surface area contributed by atoms with E-state index >= 15 is 0 Å². The lowest BCUT2D eigenvalue weighted by Gasteiger charge is -2.13. The van der Waals surface area contributed by atoms with Gasteiger partial charge in [0.25, 0.3) is 0 Å². The molecule has 0 bridgehead atoms. The fourth-order valence-electron chi connectivity index (χ4n) is 1.81. The molecule has 0 aliphatic carbocycles. The van der Waals surface area contributed by atoms with E-state index in [9.17, 15) is 9.59 Å². The summed E-state index contributed by atoms with van der Waals surface area (Å²) in [5.74, 6) is 0.00931. The molecule has 0 radical (unpaired) electrons. The molecular formula is C15H21ClN2O2. The highest BCUT2D eigenvalue weighted by Crippen LogP contribution is 2.17. The summed E-state index contributed by atoms with van der Waals surface area (Å²) >= 11 is 5.95. The molecule has 1 amide bonds. The summed E-state index contributed by atoms with van der Waals surface area (Å²) in [6.45, 7) is 6.50. The van der Waals surface area contributed by atoms with Gasteiger partial charge in [-0.05, 0) is 50.6 Å². The van der Waals surface area contributed by atoms with Gasteiger partial charge in [0.15, 0.2) is 5.78 Å². The largest absolute Gasteiger partial charge is 0.356 e. The molecule has 1 rings (SSSR count). The molecule has 5 heteroatoms. The first-order valence-corrected chi connectivity index (χ1v) is 7.08. The Labute approximate surface area is 124 Å². The minimum absolute atomic E-state index is 0.0363. The molecule has 1 atom stereocenters. The van der Waals surface area contributed by atoms with Crippen LogP contribution < -0.4 is 10.6 Å². The first-order valence-electron chi connectivity index (χ1n) is 6.70. The fourth-order valence-corrected chi connectivity index (χ4v) is 1.93. The van der Waals surface area contributed by atoms with E-state index in [1.807, 2.05) is 13.8 Å². The predicted octanol–water partition coefficient (Wildman–Crippen LogP) is 2.34. The molecule has 0 aromatic heterocycles. The minimum Gasteiger partial charge on any atom is -0.356 e. The van der Waals surface area contributed by atoms with Gasteiger partial charge in [-0.25, -0.2) is 0 Å². The van der Waals surface area contributed by atoms with E-state index in [0.717, 1.165) is 12.0 Å². The van der Waals surface area contributed by atoms with Crippen LogP contribution in [-0.4, -0.2) is 30.8 Å². The monoisotopic (exact) mass is 296 g/mol. The van der Waals surface area contributed by atoms with Crippen molar-refractivity contribution in [1.29, 1.82) is 0 Å². The van der Waals surface area contributed by atoms with Crippen molar-refractivity contribution in [3.05, 3.63) is 34.3 Å². The highest BCUT2D eigenvalue weighted by atomic mass is 35.5. The van der Waals surface area contributed by atoms with Gasteiger partial charge in [-0.15, -0.1) is 0 Å². The second-order valence-electron chi connectivity index (χ2n) is 4.84. The lowest BCUT2D eigenvalue weighted by molar-refractivity contribution is -0.118. The topological polar surface area (TPSA) is 58.2 Å². The van der Waals surface area contributed by atoms with Crippen LogP contribution in [0.25, 0.3) is 0 Å². The van der Waals surface area contributed by atoms with E-state index in [0.29, 0.717) is 23.7 Å². The van der Waals surface area contributed by atoms with E-state index in [4.69, 9.17) is 11.6 Å². The fraction of sp³-hybridized carbons (Fsp3) is 0.467. The molecule has 0 heterocycles. The molecule has 4 nitrogen and oxygen atoms in total. The van der Waals surface area contributed by atoms with Crippen molar-refractivity contribution in [1.82, 2.24) is 10.6 Å². The minimum atomic E-state index is -0.257. The number of aryl methyl sites for hydroxylation is 1. The van der Waals surface area contributed by atoms with Crippen LogP contribution in [0.1, 0.15) is 36.2 Å². The quantitative estimate of drug-likeness (QED) is 0.600. The molecule has 2 N–H and O–H groups in total. The molecular weight excluding hydrogens is 276 g/mol. The van der Waals surface area contributed by atoms with Crippen LogP contribution in [0.4, 0.5) is 0 Å². The van der Waals surface area contributed by atoms with Gasteiger partial charge >= 0.3 is 0 Å². The Morgan fingerprint density at radius 2 is 2.00 bits per heavy atom. The number of rotatable bonds is 7. The van der Waals surface area contributed by atoms with Crippen molar-refractivity contribution in [2.24, 2.45) is 0 Å². The zero-order valence-electron chi connectivity index (χ0n) is 12.1. The number of Topliss-reactive ketones (excluding diaryl/α,β-unsaturated/α-hetero) is 1. The maximum atomic E-state index is 12.2. The average Bonchev–Trinajstić information content (AvgIpc) is 2.40. The van der Waals surface area contributed by atoms with Crippen LogP contribution in [0, 0.1) is 6.92 Å². The van der Waals surface area contributed by atoms with Crippen molar-refractivity contribution in [2.45, 2.75) is 33.2 Å². The van der Waals surface area contributed by atoms with Gasteiger partial charge < -0.3 is 10.6 Å². The number of halogens is 1. The van der Waals surface area contributed by atoms with Crippen LogP contribution in [-0.2, 0) is 4.79 Å². The molecule has 0 spiro atoms. The smallest absolute Gasteiger partial charge is 0.216 e. The number of ketones is 1. The first-order chi connectivity index (χ1) is 9.41. The second-order valence-corrected chi connectivity index (χ2v) is 5.25. The third-order valence-corrected chi connectivity index (χ3v) is 3.44. The van der Waals surface area contributed by atoms with Crippen molar-refractivity contribution in [3.8, 4) is 0 Å². The molecule has 0 fully saturated rings. The molecule has 0 saturated carbocycles. The van der Waals surface area contributed by atoms with E-state index in [1.165, 1.54) is 6.92 Å². The highest BCUT2D eigenvalue weighted by molar-refractivity contribution is 6.31. The zero-order chi connectivity index (χ0) is 15.1. The number of benzene rings is 1. The standard InChI is InChI=1S/C15H21ClN2O2/c1-10-9-13(5-6-14(10)16)15(20)11(2)17-7-4-8-18-12(3)19/h5-6,9,11,17H,4,7-8H2,1-3H3,(H,18,19). The summed E-state index contributed by atoms with van der Waals surface area (Å²) in [6, 6.07) is 5.04. The Bertz CT molecular complexity index is 489. The van der Waals surface area contributed by atoms with E-state index in [1.54, 1.807) is 18.2 Å². The molecule has 0 aliphatic heterocycles. The van der Waals surface area contributed by atoms with Crippen molar-refractivity contribution in [3.63, 3.8) is 0 Å². The SMILES string of the molecule is CC(=O)NCCCNC(C)C(=O)c1ccc(Cl)c(C)c1. The van der Waals surface area contributed by atoms with E-state index in [-0.39, 0.29) is 17.7 Å². The van der Waals surface area contributed by atoms with E-state index in [2.05, 4.69) is 10.6 Å². The predicted molar refractivity (Wildman–Crippen MR) is 81.3 cm³/mol. The molecule has 1 aromatic carbocycles. The maximum absolute atomic E-state index is 12.2. The Balaban J connectivity index is 2.42. The van der Waals surface area contributed by atoms with Crippen molar-refractivity contribution in [2.75, 3.05) is 13.1 Å². The molecule has 0 aliphatic rings.